The fourth-order valence-electron chi connectivity index (χ4n) is 2.85. The summed E-state index contributed by atoms with van der Waals surface area (Å²) >= 11 is 1.58. The molecular weight excluding hydrogens is 339 g/mol. The van der Waals surface area contributed by atoms with Gasteiger partial charge in [0.1, 0.15) is 11.6 Å². The van der Waals surface area contributed by atoms with Crippen molar-refractivity contribution in [2.45, 2.75) is 13.5 Å². The maximum atomic E-state index is 13.5. The molecule has 1 amide bonds. The van der Waals surface area contributed by atoms with Crippen LogP contribution in [-0.2, 0) is 11.3 Å². The number of aromatic nitrogens is 1. The second-order valence-corrected chi connectivity index (χ2v) is 6.89. The molecule has 0 saturated carbocycles. The Labute approximate surface area is 148 Å². The summed E-state index contributed by atoms with van der Waals surface area (Å²) in [5.74, 6) is 0.181. The maximum Gasteiger partial charge on any atom is 0.265 e. The number of halogens is 1. The Morgan fingerprint density at radius 1 is 1.28 bits per heavy atom. The minimum Gasteiger partial charge on any atom is -0.482 e. The number of benzene rings is 2. The molecule has 126 valence electrons. The largest absolute Gasteiger partial charge is 0.482 e. The quantitative estimate of drug-likeness (QED) is 0.708. The monoisotopic (exact) mass is 354 g/mol. The molecule has 0 atom stereocenters. The van der Waals surface area contributed by atoms with Crippen LogP contribution < -0.4 is 9.64 Å². The summed E-state index contributed by atoms with van der Waals surface area (Å²) in [6.07, 6.45) is 0. The summed E-state index contributed by atoms with van der Waals surface area (Å²) < 4.78 is 19.0. The zero-order chi connectivity index (χ0) is 17.4. The van der Waals surface area contributed by atoms with Gasteiger partial charge in [-0.2, -0.15) is 0 Å². The number of amides is 1. The molecule has 1 aliphatic heterocycles. The van der Waals surface area contributed by atoms with Gasteiger partial charge in [0.15, 0.2) is 6.61 Å². The van der Waals surface area contributed by atoms with Gasteiger partial charge >= 0.3 is 0 Å². The van der Waals surface area contributed by atoms with Crippen LogP contribution in [0, 0.1) is 12.7 Å². The molecule has 4 rings (SSSR count). The lowest BCUT2D eigenvalue weighted by molar-refractivity contribution is -0.121. The SMILES string of the molecule is Cc1nc(-c2ccc3c(c2)N(Cc2cccc(F)c2)C(=O)CO3)cs1. The van der Waals surface area contributed by atoms with Crippen LogP contribution in [0.5, 0.6) is 5.75 Å². The van der Waals surface area contributed by atoms with Crippen molar-refractivity contribution in [1.82, 2.24) is 4.98 Å². The molecule has 0 saturated heterocycles. The van der Waals surface area contributed by atoms with Crippen LogP contribution in [0.15, 0.2) is 47.8 Å². The normalized spacial score (nSPS) is 13.5. The third-order valence-corrected chi connectivity index (χ3v) is 4.82. The standard InChI is InChI=1S/C19H15FN2O2S/c1-12-21-16(11-25-12)14-5-6-18-17(8-14)22(19(23)10-24-18)9-13-3-2-4-15(20)7-13/h2-8,11H,9-10H2,1H3. The highest BCUT2D eigenvalue weighted by Crippen LogP contribution is 2.37. The molecule has 6 heteroatoms. The minimum atomic E-state index is -0.315. The molecule has 4 nitrogen and oxygen atoms in total. The molecule has 0 N–H and O–H groups in total. The molecule has 0 fully saturated rings. The van der Waals surface area contributed by atoms with Crippen molar-refractivity contribution in [2.75, 3.05) is 11.5 Å². The Hall–Kier alpha value is -2.73. The Morgan fingerprint density at radius 2 is 2.16 bits per heavy atom. The van der Waals surface area contributed by atoms with E-state index in [1.165, 1.54) is 12.1 Å². The fourth-order valence-corrected chi connectivity index (χ4v) is 3.47. The lowest BCUT2D eigenvalue weighted by Crippen LogP contribution is -2.38. The van der Waals surface area contributed by atoms with E-state index >= 15 is 0 Å². The average Bonchev–Trinajstić information content (AvgIpc) is 3.04. The minimum absolute atomic E-state index is 0.0164. The predicted molar refractivity (Wildman–Crippen MR) is 95.4 cm³/mol. The number of carbonyl (C=O) groups excluding carboxylic acids is 1. The van der Waals surface area contributed by atoms with Gasteiger partial charge in [0.25, 0.3) is 5.91 Å². The molecular formula is C19H15FN2O2S. The Bertz CT molecular complexity index is 954. The van der Waals surface area contributed by atoms with Gasteiger partial charge in [-0.25, -0.2) is 9.37 Å². The number of hydrogen-bond acceptors (Lipinski definition) is 4. The number of nitrogens with zero attached hydrogens (tertiary/aromatic N) is 2. The van der Waals surface area contributed by atoms with Crippen LogP contribution in [0.25, 0.3) is 11.3 Å². The highest BCUT2D eigenvalue weighted by molar-refractivity contribution is 7.09. The topological polar surface area (TPSA) is 42.4 Å². The average molecular weight is 354 g/mol. The van der Waals surface area contributed by atoms with Gasteiger partial charge in [-0.15, -0.1) is 11.3 Å². The summed E-state index contributed by atoms with van der Waals surface area (Å²) in [5.41, 5.74) is 3.21. The van der Waals surface area contributed by atoms with Crippen molar-refractivity contribution in [3.8, 4) is 17.0 Å². The zero-order valence-corrected chi connectivity index (χ0v) is 14.3. The predicted octanol–water partition coefficient (Wildman–Crippen LogP) is 4.18. The second-order valence-electron chi connectivity index (χ2n) is 5.83. The number of hydrogen-bond donors (Lipinski definition) is 0. The first kappa shape index (κ1) is 15.8. The van der Waals surface area contributed by atoms with Gasteiger partial charge in [0.2, 0.25) is 0 Å². The summed E-state index contributed by atoms with van der Waals surface area (Å²) in [6, 6.07) is 12.0. The number of thiazole rings is 1. The van der Waals surface area contributed by atoms with E-state index in [0.717, 1.165) is 21.8 Å². The number of ether oxygens (including phenoxy) is 1. The van der Waals surface area contributed by atoms with Crippen molar-refractivity contribution in [3.63, 3.8) is 0 Å². The first-order chi connectivity index (χ1) is 12.1. The molecule has 0 spiro atoms. The first-order valence-corrected chi connectivity index (χ1v) is 8.72. The first-order valence-electron chi connectivity index (χ1n) is 7.84. The number of carbonyl (C=O) groups is 1. The Morgan fingerprint density at radius 3 is 2.92 bits per heavy atom. The van der Waals surface area contributed by atoms with Crippen LogP contribution in [0.3, 0.4) is 0 Å². The van der Waals surface area contributed by atoms with Gasteiger partial charge < -0.3 is 9.64 Å². The van der Waals surface area contributed by atoms with E-state index in [0.29, 0.717) is 18.0 Å². The summed E-state index contributed by atoms with van der Waals surface area (Å²) in [4.78, 5) is 18.5. The number of fused-ring (bicyclic) bond motifs is 1. The smallest absolute Gasteiger partial charge is 0.265 e. The van der Waals surface area contributed by atoms with Crippen LogP contribution in [0.4, 0.5) is 10.1 Å². The fraction of sp³-hybridized carbons (Fsp3) is 0.158. The number of anilines is 1. The van der Waals surface area contributed by atoms with Crippen molar-refractivity contribution in [3.05, 3.63) is 64.2 Å². The van der Waals surface area contributed by atoms with Crippen LogP contribution in [-0.4, -0.2) is 17.5 Å². The second kappa shape index (κ2) is 6.29. The highest BCUT2D eigenvalue weighted by Gasteiger charge is 2.26. The third kappa shape index (κ3) is 3.13. The molecule has 0 unspecified atom stereocenters. The Kier molecular flexibility index (Phi) is 3.97. The number of rotatable bonds is 3. The zero-order valence-electron chi connectivity index (χ0n) is 13.5. The molecule has 3 aromatic rings. The molecule has 25 heavy (non-hydrogen) atoms. The molecule has 1 aromatic heterocycles. The van der Waals surface area contributed by atoms with Crippen molar-refractivity contribution in [1.29, 1.82) is 0 Å². The van der Waals surface area contributed by atoms with Crippen molar-refractivity contribution >= 4 is 22.9 Å². The van der Waals surface area contributed by atoms with E-state index < -0.39 is 0 Å². The molecule has 2 aromatic carbocycles. The number of aryl methyl sites for hydroxylation is 1. The van der Waals surface area contributed by atoms with Gasteiger partial charge in [0, 0.05) is 10.9 Å². The van der Waals surface area contributed by atoms with E-state index in [1.54, 1.807) is 28.4 Å². The van der Waals surface area contributed by atoms with Gasteiger partial charge in [-0.05, 0) is 42.8 Å². The van der Waals surface area contributed by atoms with E-state index in [2.05, 4.69) is 4.98 Å². The van der Waals surface area contributed by atoms with Gasteiger partial charge in [-0.3, -0.25) is 4.79 Å². The van der Waals surface area contributed by atoms with E-state index in [4.69, 9.17) is 4.74 Å². The molecule has 0 aliphatic carbocycles. The van der Waals surface area contributed by atoms with E-state index in [1.807, 2.05) is 30.5 Å². The lowest BCUT2D eigenvalue weighted by Gasteiger charge is -2.30. The van der Waals surface area contributed by atoms with Crippen LogP contribution in [0.2, 0.25) is 0 Å². The van der Waals surface area contributed by atoms with E-state index in [-0.39, 0.29) is 18.3 Å². The highest BCUT2D eigenvalue weighted by atomic mass is 32.1. The van der Waals surface area contributed by atoms with Gasteiger partial charge in [-0.1, -0.05) is 12.1 Å². The molecule has 1 aliphatic rings. The summed E-state index contributed by atoms with van der Waals surface area (Å²) in [5, 5.41) is 2.97. The summed E-state index contributed by atoms with van der Waals surface area (Å²) in [7, 11) is 0. The third-order valence-electron chi connectivity index (χ3n) is 4.05. The van der Waals surface area contributed by atoms with E-state index in [9.17, 15) is 9.18 Å². The van der Waals surface area contributed by atoms with Gasteiger partial charge in [0.05, 0.1) is 22.9 Å². The maximum absolute atomic E-state index is 13.5. The summed E-state index contributed by atoms with van der Waals surface area (Å²) in [6.45, 7) is 2.24. The van der Waals surface area contributed by atoms with Crippen molar-refractivity contribution in [2.24, 2.45) is 0 Å². The van der Waals surface area contributed by atoms with Crippen LogP contribution in [0.1, 0.15) is 10.6 Å². The molecule has 2 heterocycles. The van der Waals surface area contributed by atoms with Crippen molar-refractivity contribution < 1.29 is 13.9 Å². The Balaban J connectivity index is 1.73. The lowest BCUT2D eigenvalue weighted by atomic mass is 10.1. The van der Waals surface area contributed by atoms with Crippen LogP contribution >= 0.6 is 11.3 Å². The molecule has 0 radical (unpaired) electrons. The molecule has 0 bridgehead atoms.